The van der Waals surface area contributed by atoms with Crippen LogP contribution in [0.1, 0.15) is 30.1 Å². The van der Waals surface area contributed by atoms with Crippen molar-refractivity contribution < 1.29 is 19.4 Å². The number of nitrogens with one attached hydrogen (secondary N) is 1. The fraction of sp³-hybridized carbons (Fsp3) is 0.385. The maximum atomic E-state index is 11.8. The summed E-state index contributed by atoms with van der Waals surface area (Å²) < 4.78 is 4.98. The van der Waals surface area contributed by atoms with E-state index in [-0.39, 0.29) is 0 Å². The Morgan fingerprint density at radius 1 is 1.33 bits per heavy atom. The lowest BCUT2D eigenvalue weighted by Gasteiger charge is -2.13. The molecule has 0 aliphatic rings. The zero-order valence-corrected chi connectivity index (χ0v) is 10.5. The number of hydrogen-bond donors (Lipinski definition) is 2. The van der Waals surface area contributed by atoms with Crippen LogP contribution < -0.4 is 10.1 Å². The molecule has 98 valence electrons. The van der Waals surface area contributed by atoms with E-state index in [1.807, 2.05) is 6.92 Å². The second-order valence-corrected chi connectivity index (χ2v) is 3.88. The van der Waals surface area contributed by atoms with Crippen LogP contribution in [-0.4, -0.2) is 30.1 Å². The molecule has 0 radical (unpaired) electrons. The average molecular weight is 251 g/mol. The summed E-state index contributed by atoms with van der Waals surface area (Å²) in [6.07, 6.45) is 1.11. The van der Waals surface area contributed by atoms with E-state index in [1.165, 1.54) is 7.11 Å². The smallest absolute Gasteiger partial charge is 0.326 e. The molecule has 5 heteroatoms. The first kappa shape index (κ1) is 14.0. The molecule has 2 N–H and O–H groups in total. The van der Waals surface area contributed by atoms with Crippen molar-refractivity contribution in [2.45, 2.75) is 25.8 Å². The summed E-state index contributed by atoms with van der Waals surface area (Å²) in [5.41, 5.74) is 0.415. The first-order valence-electron chi connectivity index (χ1n) is 5.76. The number of carboxylic acids is 1. The quantitative estimate of drug-likeness (QED) is 0.806. The molecule has 1 atom stereocenters. The summed E-state index contributed by atoms with van der Waals surface area (Å²) >= 11 is 0. The van der Waals surface area contributed by atoms with Crippen LogP contribution in [0, 0.1) is 0 Å². The maximum absolute atomic E-state index is 11.8. The van der Waals surface area contributed by atoms with Crippen molar-refractivity contribution in [2.24, 2.45) is 0 Å². The zero-order chi connectivity index (χ0) is 13.5. The van der Waals surface area contributed by atoms with E-state index >= 15 is 0 Å². The van der Waals surface area contributed by atoms with Crippen LogP contribution in [0.4, 0.5) is 0 Å². The van der Waals surface area contributed by atoms with Crippen molar-refractivity contribution in [1.29, 1.82) is 0 Å². The van der Waals surface area contributed by atoms with Crippen LogP contribution in [0.25, 0.3) is 0 Å². The van der Waals surface area contributed by atoms with Crippen molar-refractivity contribution in [3.05, 3.63) is 29.8 Å². The van der Waals surface area contributed by atoms with Gasteiger partial charge in [-0.25, -0.2) is 4.79 Å². The fourth-order valence-electron chi connectivity index (χ4n) is 1.53. The van der Waals surface area contributed by atoms with Crippen molar-refractivity contribution >= 4 is 11.9 Å². The monoisotopic (exact) mass is 251 g/mol. The molecule has 0 heterocycles. The van der Waals surface area contributed by atoms with Gasteiger partial charge in [0.15, 0.2) is 0 Å². The van der Waals surface area contributed by atoms with Gasteiger partial charge in [0.25, 0.3) is 5.91 Å². The van der Waals surface area contributed by atoms with Gasteiger partial charge in [0.2, 0.25) is 0 Å². The van der Waals surface area contributed by atoms with E-state index in [4.69, 9.17) is 9.84 Å². The number of benzene rings is 1. The molecule has 5 nitrogen and oxygen atoms in total. The molecule has 18 heavy (non-hydrogen) atoms. The van der Waals surface area contributed by atoms with E-state index in [1.54, 1.807) is 24.3 Å². The second kappa shape index (κ2) is 6.64. The fourth-order valence-corrected chi connectivity index (χ4v) is 1.53. The molecule has 1 amide bonds. The zero-order valence-electron chi connectivity index (χ0n) is 10.5. The third kappa shape index (κ3) is 3.76. The molecular formula is C13H17NO4. The van der Waals surface area contributed by atoms with Crippen molar-refractivity contribution in [1.82, 2.24) is 5.32 Å². The Morgan fingerprint density at radius 3 is 2.39 bits per heavy atom. The van der Waals surface area contributed by atoms with E-state index in [2.05, 4.69) is 5.32 Å². The lowest BCUT2D eigenvalue weighted by molar-refractivity contribution is -0.139. The van der Waals surface area contributed by atoms with Crippen molar-refractivity contribution in [2.75, 3.05) is 7.11 Å². The number of methoxy groups -OCH3 is 1. The molecule has 0 aliphatic carbocycles. The number of amides is 1. The highest BCUT2D eigenvalue weighted by Crippen LogP contribution is 2.11. The van der Waals surface area contributed by atoms with Gasteiger partial charge < -0.3 is 15.2 Å². The molecule has 0 spiro atoms. The number of carbonyl (C=O) groups is 2. The Labute approximate surface area is 106 Å². The Balaban J connectivity index is 2.70. The number of carbonyl (C=O) groups excluding carboxylic acids is 1. The van der Waals surface area contributed by atoms with E-state index in [0.29, 0.717) is 24.2 Å². The predicted molar refractivity (Wildman–Crippen MR) is 66.8 cm³/mol. The van der Waals surface area contributed by atoms with Crippen LogP contribution >= 0.6 is 0 Å². The first-order chi connectivity index (χ1) is 8.58. The Morgan fingerprint density at radius 2 is 1.94 bits per heavy atom. The molecule has 0 unspecified atom stereocenters. The largest absolute Gasteiger partial charge is 0.497 e. The van der Waals surface area contributed by atoms with Gasteiger partial charge in [0, 0.05) is 5.56 Å². The summed E-state index contributed by atoms with van der Waals surface area (Å²) in [5, 5.41) is 11.4. The molecule has 0 aromatic heterocycles. The van der Waals surface area contributed by atoms with Crippen molar-refractivity contribution in [3.8, 4) is 5.75 Å². The minimum absolute atomic E-state index is 0.390. The van der Waals surface area contributed by atoms with Crippen LogP contribution in [0.3, 0.4) is 0 Å². The molecular weight excluding hydrogens is 234 g/mol. The number of ether oxygens (including phenoxy) is 1. The lowest BCUT2D eigenvalue weighted by Crippen LogP contribution is -2.40. The SMILES string of the molecule is CCC[C@@H](NC(=O)c1ccc(OC)cc1)C(=O)O. The van der Waals surface area contributed by atoms with Gasteiger partial charge in [-0.1, -0.05) is 13.3 Å². The van der Waals surface area contributed by atoms with Gasteiger partial charge in [-0.05, 0) is 30.7 Å². The van der Waals surface area contributed by atoms with Crippen LogP contribution in [-0.2, 0) is 4.79 Å². The van der Waals surface area contributed by atoms with Crippen LogP contribution in [0.2, 0.25) is 0 Å². The molecule has 1 rings (SSSR count). The molecule has 1 aromatic rings. The highest BCUT2D eigenvalue weighted by Gasteiger charge is 2.19. The summed E-state index contributed by atoms with van der Waals surface area (Å²) in [6.45, 7) is 1.87. The minimum atomic E-state index is -1.02. The Hall–Kier alpha value is -2.04. The average Bonchev–Trinajstić information content (AvgIpc) is 2.38. The summed E-state index contributed by atoms with van der Waals surface area (Å²) in [5.74, 6) is -0.757. The number of carboxylic acid groups (broad SMARTS) is 1. The molecule has 0 fully saturated rings. The summed E-state index contributed by atoms with van der Waals surface area (Å²) in [6, 6.07) is 5.66. The highest BCUT2D eigenvalue weighted by atomic mass is 16.5. The highest BCUT2D eigenvalue weighted by molar-refractivity contribution is 5.96. The molecule has 0 aliphatic heterocycles. The number of rotatable bonds is 6. The van der Waals surface area contributed by atoms with Crippen LogP contribution in [0.15, 0.2) is 24.3 Å². The third-order valence-electron chi connectivity index (χ3n) is 2.53. The van der Waals surface area contributed by atoms with Gasteiger partial charge in [0.1, 0.15) is 11.8 Å². The maximum Gasteiger partial charge on any atom is 0.326 e. The standard InChI is InChI=1S/C13H17NO4/c1-3-4-11(13(16)17)14-12(15)9-5-7-10(18-2)8-6-9/h5-8,11H,3-4H2,1-2H3,(H,14,15)(H,16,17)/t11-/m1/s1. The van der Waals surface area contributed by atoms with E-state index in [0.717, 1.165) is 0 Å². The normalized spacial score (nSPS) is 11.7. The minimum Gasteiger partial charge on any atom is -0.497 e. The summed E-state index contributed by atoms with van der Waals surface area (Å²) in [7, 11) is 1.54. The van der Waals surface area contributed by atoms with Gasteiger partial charge in [-0.3, -0.25) is 4.79 Å². The molecule has 0 bridgehead atoms. The molecule has 0 saturated carbocycles. The lowest BCUT2D eigenvalue weighted by atomic mass is 10.1. The Bertz CT molecular complexity index is 414. The predicted octanol–water partition coefficient (Wildman–Crippen LogP) is 1.68. The Kier molecular flexibility index (Phi) is 5.17. The first-order valence-corrected chi connectivity index (χ1v) is 5.76. The second-order valence-electron chi connectivity index (χ2n) is 3.88. The third-order valence-corrected chi connectivity index (χ3v) is 2.53. The van der Waals surface area contributed by atoms with Gasteiger partial charge in [-0.2, -0.15) is 0 Å². The topological polar surface area (TPSA) is 75.6 Å². The van der Waals surface area contributed by atoms with Gasteiger partial charge in [-0.15, -0.1) is 0 Å². The van der Waals surface area contributed by atoms with E-state index in [9.17, 15) is 9.59 Å². The van der Waals surface area contributed by atoms with Crippen LogP contribution in [0.5, 0.6) is 5.75 Å². The number of hydrogen-bond acceptors (Lipinski definition) is 3. The van der Waals surface area contributed by atoms with Crippen molar-refractivity contribution in [3.63, 3.8) is 0 Å². The van der Waals surface area contributed by atoms with E-state index < -0.39 is 17.9 Å². The van der Waals surface area contributed by atoms with Gasteiger partial charge >= 0.3 is 5.97 Å². The summed E-state index contributed by atoms with van der Waals surface area (Å²) in [4.78, 5) is 22.7. The molecule has 1 aromatic carbocycles. The number of aliphatic carboxylic acids is 1. The molecule has 0 saturated heterocycles. The van der Waals surface area contributed by atoms with Gasteiger partial charge in [0.05, 0.1) is 7.11 Å².